The summed E-state index contributed by atoms with van der Waals surface area (Å²) in [5, 5.41) is 0. The predicted octanol–water partition coefficient (Wildman–Crippen LogP) is 1.62. The molecule has 2 aliphatic heterocycles. The van der Waals surface area contributed by atoms with Crippen LogP contribution in [0, 0.1) is 5.82 Å². The molecule has 0 aromatic heterocycles. The summed E-state index contributed by atoms with van der Waals surface area (Å²) < 4.78 is 24.3. The molecular formula is C17H23FN2O3. The fourth-order valence-corrected chi connectivity index (χ4v) is 3.24. The quantitative estimate of drug-likeness (QED) is 0.899. The van der Waals surface area contributed by atoms with E-state index in [0.717, 1.165) is 5.56 Å². The van der Waals surface area contributed by atoms with Crippen LogP contribution in [0.2, 0.25) is 0 Å². The summed E-state index contributed by atoms with van der Waals surface area (Å²) in [5.41, 5.74) is 6.35. The number of rotatable bonds is 2. The Morgan fingerprint density at radius 1 is 1.26 bits per heavy atom. The molecule has 1 amide bonds. The molecule has 126 valence electrons. The molecule has 23 heavy (non-hydrogen) atoms. The van der Waals surface area contributed by atoms with Crippen molar-refractivity contribution in [1.29, 1.82) is 0 Å². The molecule has 2 atom stereocenters. The zero-order valence-electron chi connectivity index (χ0n) is 13.3. The first-order valence-corrected chi connectivity index (χ1v) is 8.05. The lowest BCUT2D eigenvalue weighted by atomic mass is 9.89. The van der Waals surface area contributed by atoms with Crippen LogP contribution in [0.15, 0.2) is 24.3 Å². The molecule has 2 unspecified atom stereocenters. The Labute approximate surface area is 135 Å². The maximum Gasteiger partial charge on any atom is 0.243 e. The lowest BCUT2D eigenvalue weighted by Crippen LogP contribution is -2.60. The maximum absolute atomic E-state index is 13.1. The molecule has 5 nitrogen and oxygen atoms in total. The number of morpholine rings is 1. The number of benzene rings is 1. The third-order valence-corrected chi connectivity index (χ3v) is 4.60. The number of hydrogen-bond donors (Lipinski definition) is 1. The van der Waals surface area contributed by atoms with Gasteiger partial charge in [0.1, 0.15) is 11.9 Å². The van der Waals surface area contributed by atoms with Crippen LogP contribution >= 0.6 is 0 Å². The van der Waals surface area contributed by atoms with E-state index in [2.05, 4.69) is 0 Å². The van der Waals surface area contributed by atoms with Gasteiger partial charge >= 0.3 is 0 Å². The second kappa shape index (κ2) is 6.55. The van der Waals surface area contributed by atoms with Crippen molar-refractivity contribution in [3.8, 4) is 0 Å². The molecule has 2 aliphatic rings. The molecule has 2 saturated heterocycles. The van der Waals surface area contributed by atoms with E-state index in [1.165, 1.54) is 12.1 Å². The topological polar surface area (TPSA) is 64.8 Å². The van der Waals surface area contributed by atoms with Crippen molar-refractivity contribution < 1.29 is 18.7 Å². The van der Waals surface area contributed by atoms with Gasteiger partial charge in [0.15, 0.2) is 0 Å². The lowest BCUT2D eigenvalue weighted by molar-refractivity contribution is -0.153. The largest absolute Gasteiger partial charge is 0.381 e. The van der Waals surface area contributed by atoms with Crippen molar-refractivity contribution in [3.63, 3.8) is 0 Å². The minimum absolute atomic E-state index is 0.0388. The SMILES string of the molecule is CC1CN(C(=O)C2(N)CCOCC2)CC(c2ccc(F)cc2)O1. The Morgan fingerprint density at radius 3 is 2.57 bits per heavy atom. The summed E-state index contributed by atoms with van der Waals surface area (Å²) in [6.45, 7) is 3.93. The summed E-state index contributed by atoms with van der Waals surface area (Å²) >= 11 is 0. The molecule has 1 aromatic rings. The van der Waals surface area contributed by atoms with Crippen LogP contribution in [0.25, 0.3) is 0 Å². The van der Waals surface area contributed by atoms with E-state index in [1.54, 1.807) is 17.0 Å². The highest BCUT2D eigenvalue weighted by Gasteiger charge is 2.41. The number of carbonyl (C=O) groups excluding carboxylic acids is 1. The van der Waals surface area contributed by atoms with Crippen molar-refractivity contribution >= 4 is 5.91 Å². The van der Waals surface area contributed by atoms with Gasteiger partial charge in [-0.15, -0.1) is 0 Å². The fraction of sp³-hybridized carbons (Fsp3) is 0.588. The molecule has 1 aromatic carbocycles. The number of hydrogen-bond acceptors (Lipinski definition) is 4. The second-order valence-electron chi connectivity index (χ2n) is 6.47. The lowest BCUT2D eigenvalue weighted by Gasteiger charge is -2.42. The van der Waals surface area contributed by atoms with E-state index in [1.807, 2.05) is 6.92 Å². The van der Waals surface area contributed by atoms with Crippen LogP contribution in [0.1, 0.15) is 31.4 Å². The molecule has 0 saturated carbocycles. The number of nitrogens with two attached hydrogens (primary N) is 1. The highest BCUT2D eigenvalue weighted by atomic mass is 19.1. The van der Waals surface area contributed by atoms with E-state index < -0.39 is 5.54 Å². The van der Waals surface area contributed by atoms with Crippen LogP contribution in [0.5, 0.6) is 0 Å². The number of carbonyl (C=O) groups is 1. The van der Waals surface area contributed by atoms with E-state index in [0.29, 0.717) is 39.1 Å². The van der Waals surface area contributed by atoms with E-state index in [-0.39, 0.29) is 23.9 Å². The zero-order chi connectivity index (χ0) is 16.4. The van der Waals surface area contributed by atoms with Crippen molar-refractivity contribution in [2.45, 2.75) is 37.5 Å². The van der Waals surface area contributed by atoms with Gasteiger partial charge < -0.3 is 20.1 Å². The highest BCUT2D eigenvalue weighted by Crippen LogP contribution is 2.28. The molecule has 0 aliphatic carbocycles. The normalized spacial score (nSPS) is 27.7. The molecule has 6 heteroatoms. The molecule has 0 bridgehead atoms. The Hall–Kier alpha value is -1.50. The van der Waals surface area contributed by atoms with Crippen molar-refractivity contribution in [2.75, 3.05) is 26.3 Å². The van der Waals surface area contributed by atoms with Gasteiger partial charge in [-0.05, 0) is 37.5 Å². The summed E-state index contributed by atoms with van der Waals surface area (Å²) in [7, 11) is 0. The Morgan fingerprint density at radius 2 is 1.91 bits per heavy atom. The summed E-state index contributed by atoms with van der Waals surface area (Å²) in [5.74, 6) is -0.322. The van der Waals surface area contributed by atoms with E-state index in [4.69, 9.17) is 15.2 Å². The van der Waals surface area contributed by atoms with Gasteiger partial charge in [0.05, 0.1) is 18.2 Å². The minimum Gasteiger partial charge on any atom is -0.381 e. The van der Waals surface area contributed by atoms with Gasteiger partial charge in [-0.25, -0.2) is 4.39 Å². The van der Waals surface area contributed by atoms with Crippen LogP contribution in [-0.2, 0) is 14.3 Å². The highest BCUT2D eigenvalue weighted by molar-refractivity contribution is 5.86. The maximum atomic E-state index is 13.1. The van der Waals surface area contributed by atoms with Crippen molar-refractivity contribution in [2.24, 2.45) is 5.73 Å². The van der Waals surface area contributed by atoms with Gasteiger partial charge in [0, 0.05) is 19.8 Å². The first-order valence-electron chi connectivity index (χ1n) is 8.05. The Bertz CT molecular complexity index is 557. The van der Waals surface area contributed by atoms with Crippen LogP contribution in [-0.4, -0.2) is 48.8 Å². The molecular weight excluding hydrogens is 299 g/mol. The van der Waals surface area contributed by atoms with E-state index >= 15 is 0 Å². The smallest absolute Gasteiger partial charge is 0.243 e. The zero-order valence-corrected chi connectivity index (χ0v) is 13.3. The average molecular weight is 322 g/mol. The standard InChI is InChI=1S/C17H23FN2O3/c1-12-10-20(16(21)17(19)6-8-22-9-7-17)11-15(23-12)13-2-4-14(18)5-3-13/h2-5,12,15H,6-11,19H2,1H3. The molecule has 2 fully saturated rings. The number of halogens is 1. The number of nitrogens with zero attached hydrogens (tertiary/aromatic N) is 1. The van der Waals surface area contributed by atoms with Gasteiger partial charge in [0.25, 0.3) is 0 Å². The number of amides is 1. The minimum atomic E-state index is -0.845. The van der Waals surface area contributed by atoms with Gasteiger partial charge in [-0.3, -0.25) is 4.79 Å². The van der Waals surface area contributed by atoms with Crippen LogP contribution in [0.4, 0.5) is 4.39 Å². The van der Waals surface area contributed by atoms with Crippen molar-refractivity contribution in [3.05, 3.63) is 35.6 Å². The fourth-order valence-electron chi connectivity index (χ4n) is 3.24. The third kappa shape index (κ3) is 3.54. The molecule has 0 spiro atoms. The second-order valence-corrected chi connectivity index (χ2v) is 6.47. The van der Waals surface area contributed by atoms with E-state index in [9.17, 15) is 9.18 Å². The van der Waals surface area contributed by atoms with Gasteiger partial charge in [-0.1, -0.05) is 12.1 Å². The predicted molar refractivity (Wildman–Crippen MR) is 83.2 cm³/mol. The molecule has 2 heterocycles. The monoisotopic (exact) mass is 322 g/mol. The molecule has 3 rings (SSSR count). The summed E-state index contributed by atoms with van der Waals surface area (Å²) in [6, 6.07) is 6.22. The van der Waals surface area contributed by atoms with Crippen LogP contribution < -0.4 is 5.73 Å². The van der Waals surface area contributed by atoms with Gasteiger partial charge in [-0.2, -0.15) is 0 Å². The molecule has 0 radical (unpaired) electrons. The first-order chi connectivity index (χ1) is 11.0. The van der Waals surface area contributed by atoms with Gasteiger partial charge in [0.2, 0.25) is 5.91 Å². The average Bonchev–Trinajstić information content (AvgIpc) is 2.55. The summed E-state index contributed by atoms with van der Waals surface area (Å²) in [4.78, 5) is 14.7. The molecule has 2 N–H and O–H groups in total. The third-order valence-electron chi connectivity index (χ3n) is 4.60. The first kappa shape index (κ1) is 16.4. The number of ether oxygens (including phenoxy) is 2. The van der Waals surface area contributed by atoms with Crippen LogP contribution in [0.3, 0.4) is 0 Å². The Balaban J connectivity index is 1.75. The van der Waals surface area contributed by atoms with Crippen molar-refractivity contribution in [1.82, 2.24) is 4.90 Å². The summed E-state index contributed by atoms with van der Waals surface area (Å²) in [6.07, 6.45) is 0.732. The Kier molecular flexibility index (Phi) is 4.66.